The molecule has 0 fully saturated rings. The first-order valence-corrected chi connectivity index (χ1v) is 8.60. The summed E-state index contributed by atoms with van der Waals surface area (Å²) in [6, 6.07) is 14.9. The highest BCUT2D eigenvalue weighted by Gasteiger charge is 2.13. The number of hydrogen-bond donors (Lipinski definition) is 2. The maximum absolute atomic E-state index is 12.4. The monoisotopic (exact) mass is 361 g/mol. The first kappa shape index (κ1) is 16.9. The van der Waals surface area contributed by atoms with E-state index in [1.54, 1.807) is 18.3 Å². The number of aromatic nitrogens is 1. The van der Waals surface area contributed by atoms with Crippen molar-refractivity contribution in [1.82, 2.24) is 4.98 Å². The van der Waals surface area contributed by atoms with Crippen molar-refractivity contribution in [3.05, 3.63) is 71.4 Å². The fourth-order valence-corrected chi connectivity index (χ4v) is 2.75. The molecule has 1 aliphatic heterocycles. The molecule has 0 unspecified atom stereocenters. The van der Waals surface area contributed by atoms with Gasteiger partial charge in [0.05, 0.1) is 11.9 Å². The topological polar surface area (TPSA) is 72.5 Å². The number of amides is 1. The van der Waals surface area contributed by atoms with Gasteiger partial charge in [-0.05, 0) is 61.4 Å². The lowest BCUT2D eigenvalue weighted by molar-refractivity contribution is 0.102. The zero-order valence-corrected chi connectivity index (χ0v) is 15.1. The summed E-state index contributed by atoms with van der Waals surface area (Å²) in [4.78, 5) is 16.7. The van der Waals surface area contributed by atoms with E-state index < -0.39 is 0 Å². The standard InChI is InChI=1S/C21H19N3O3/c1-13-3-4-15(9-14(13)2)21(25)24-17-6-8-20(22-11-17)23-16-5-7-18-19(10-16)27-12-26-18/h3-11H,12H2,1-2H3,(H,22,23)(H,24,25). The molecule has 1 aliphatic rings. The number of benzene rings is 2. The Morgan fingerprint density at radius 2 is 1.74 bits per heavy atom. The molecule has 0 aliphatic carbocycles. The predicted molar refractivity (Wildman–Crippen MR) is 104 cm³/mol. The largest absolute Gasteiger partial charge is 0.454 e. The van der Waals surface area contributed by atoms with E-state index in [4.69, 9.17) is 9.47 Å². The van der Waals surface area contributed by atoms with Crippen LogP contribution in [-0.2, 0) is 0 Å². The lowest BCUT2D eigenvalue weighted by atomic mass is 10.1. The fourth-order valence-electron chi connectivity index (χ4n) is 2.75. The van der Waals surface area contributed by atoms with Crippen molar-refractivity contribution in [2.45, 2.75) is 13.8 Å². The Kier molecular flexibility index (Phi) is 4.38. The number of pyridine rings is 1. The second-order valence-electron chi connectivity index (χ2n) is 6.38. The van der Waals surface area contributed by atoms with E-state index in [0.29, 0.717) is 22.8 Å². The van der Waals surface area contributed by atoms with Gasteiger partial charge in [0.25, 0.3) is 5.91 Å². The van der Waals surface area contributed by atoms with Gasteiger partial charge in [-0.2, -0.15) is 0 Å². The Morgan fingerprint density at radius 1 is 0.926 bits per heavy atom. The summed E-state index contributed by atoms with van der Waals surface area (Å²) in [6.45, 7) is 4.25. The lowest BCUT2D eigenvalue weighted by Gasteiger charge is -2.09. The van der Waals surface area contributed by atoms with Crippen LogP contribution < -0.4 is 20.1 Å². The van der Waals surface area contributed by atoms with E-state index in [-0.39, 0.29) is 12.7 Å². The van der Waals surface area contributed by atoms with Crippen LogP contribution in [0.2, 0.25) is 0 Å². The van der Waals surface area contributed by atoms with Gasteiger partial charge in [-0.25, -0.2) is 4.98 Å². The number of rotatable bonds is 4. The van der Waals surface area contributed by atoms with Crippen molar-refractivity contribution in [3.63, 3.8) is 0 Å². The van der Waals surface area contributed by atoms with E-state index in [1.165, 1.54) is 0 Å². The van der Waals surface area contributed by atoms with Crippen LogP contribution in [-0.4, -0.2) is 17.7 Å². The van der Waals surface area contributed by atoms with E-state index in [2.05, 4.69) is 15.6 Å². The predicted octanol–water partition coefficient (Wildman–Crippen LogP) is 4.42. The van der Waals surface area contributed by atoms with Gasteiger partial charge in [0, 0.05) is 17.3 Å². The molecule has 1 amide bonds. The number of aryl methyl sites for hydroxylation is 2. The third-order valence-electron chi connectivity index (χ3n) is 4.44. The van der Waals surface area contributed by atoms with Gasteiger partial charge in [-0.15, -0.1) is 0 Å². The smallest absolute Gasteiger partial charge is 0.255 e. The highest BCUT2D eigenvalue weighted by Crippen LogP contribution is 2.34. The van der Waals surface area contributed by atoms with Gasteiger partial charge in [0.1, 0.15) is 5.82 Å². The van der Waals surface area contributed by atoms with Crippen LogP contribution in [0.25, 0.3) is 0 Å². The molecular weight excluding hydrogens is 342 g/mol. The quantitative estimate of drug-likeness (QED) is 0.719. The van der Waals surface area contributed by atoms with Crippen LogP contribution in [0, 0.1) is 13.8 Å². The Morgan fingerprint density at radius 3 is 2.52 bits per heavy atom. The van der Waals surface area contributed by atoms with Crippen LogP contribution in [0.1, 0.15) is 21.5 Å². The van der Waals surface area contributed by atoms with E-state index in [0.717, 1.165) is 22.6 Å². The molecule has 27 heavy (non-hydrogen) atoms. The maximum atomic E-state index is 12.4. The molecule has 0 saturated carbocycles. The third-order valence-corrected chi connectivity index (χ3v) is 4.44. The number of ether oxygens (including phenoxy) is 2. The average molecular weight is 361 g/mol. The summed E-state index contributed by atoms with van der Waals surface area (Å²) in [5.41, 5.74) is 4.35. The average Bonchev–Trinajstić information content (AvgIpc) is 3.13. The van der Waals surface area contributed by atoms with Crippen molar-refractivity contribution in [2.24, 2.45) is 0 Å². The Labute approximate surface area is 157 Å². The van der Waals surface area contributed by atoms with Crippen molar-refractivity contribution < 1.29 is 14.3 Å². The molecule has 0 bridgehead atoms. The van der Waals surface area contributed by atoms with Crippen LogP contribution in [0.15, 0.2) is 54.7 Å². The van der Waals surface area contributed by atoms with E-state index >= 15 is 0 Å². The van der Waals surface area contributed by atoms with Crippen LogP contribution in [0.3, 0.4) is 0 Å². The SMILES string of the molecule is Cc1ccc(C(=O)Nc2ccc(Nc3ccc4c(c3)OCO4)nc2)cc1C. The van der Waals surface area contributed by atoms with Crippen LogP contribution in [0.5, 0.6) is 11.5 Å². The lowest BCUT2D eigenvalue weighted by Crippen LogP contribution is -2.12. The number of nitrogens with one attached hydrogen (secondary N) is 2. The molecule has 4 rings (SSSR count). The number of hydrogen-bond acceptors (Lipinski definition) is 5. The van der Waals surface area contributed by atoms with Crippen molar-refractivity contribution in [1.29, 1.82) is 0 Å². The summed E-state index contributed by atoms with van der Waals surface area (Å²) in [5.74, 6) is 1.95. The Hall–Kier alpha value is -3.54. The van der Waals surface area contributed by atoms with Gasteiger partial charge in [-0.3, -0.25) is 4.79 Å². The van der Waals surface area contributed by atoms with Gasteiger partial charge >= 0.3 is 0 Å². The van der Waals surface area contributed by atoms with Crippen molar-refractivity contribution >= 4 is 23.1 Å². The third kappa shape index (κ3) is 3.69. The zero-order valence-electron chi connectivity index (χ0n) is 15.1. The molecule has 6 heteroatoms. The van der Waals surface area contributed by atoms with Crippen molar-refractivity contribution in [3.8, 4) is 11.5 Å². The van der Waals surface area contributed by atoms with E-state index in [9.17, 15) is 4.79 Å². The Bertz CT molecular complexity index is 1000. The van der Waals surface area contributed by atoms with Crippen molar-refractivity contribution in [2.75, 3.05) is 17.4 Å². The second kappa shape index (κ2) is 6.99. The molecule has 6 nitrogen and oxygen atoms in total. The summed E-state index contributed by atoms with van der Waals surface area (Å²) in [5, 5.41) is 6.06. The van der Waals surface area contributed by atoms with Gasteiger partial charge in [0.15, 0.2) is 11.5 Å². The summed E-state index contributed by atoms with van der Waals surface area (Å²) in [7, 11) is 0. The number of carbonyl (C=O) groups is 1. The zero-order chi connectivity index (χ0) is 18.8. The van der Waals surface area contributed by atoms with Crippen LogP contribution in [0.4, 0.5) is 17.2 Å². The molecule has 0 atom stereocenters. The Balaban J connectivity index is 1.42. The molecule has 136 valence electrons. The van der Waals surface area contributed by atoms with Gasteiger partial charge < -0.3 is 20.1 Å². The molecule has 0 radical (unpaired) electrons. The molecule has 0 spiro atoms. The molecule has 2 N–H and O–H groups in total. The summed E-state index contributed by atoms with van der Waals surface area (Å²) < 4.78 is 10.7. The highest BCUT2D eigenvalue weighted by molar-refractivity contribution is 6.04. The number of anilines is 3. The molecule has 3 aromatic rings. The molecular formula is C21H19N3O3. The first-order valence-electron chi connectivity index (χ1n) is 8.60. The fraction of sp³-hybridized carbons (Fsp3) is 0.143. The minimum atomic E-state index is -0.156. The van der Waals surface area contributed by atoms with E-state index in [1.807, 2.05) is 50.2 Å². The van der Waals surface area contributed by atoms with Crippen LogP contribution >= 0.6 is 0 Å². The summed E-state index contributed by atoms with van der Waals surface area (Å²) >= 11 is 0. The summed E-state index contributed by atoms with van der Waals surface area (Å²) in [6.07, 6.45) is 1.62. The number of carbonyl (C=O) groups excluding carboxylic acids is 1. The van der Waals surface area contributed by atoms with Gasteiger partial charge in [-0.1, -0.05) is 6.07 Å². The molecule has 2 heterocycles. The first-order chi connectivity index (χ1) is 13.1. The number of nitrogens with zero attached hydrogens (tertiary/aromatic N) is 1. The molecule has 2 aromatic carbocycles. The molecule has 0 saturated heterocycles. The highest BCUT2D eigenvalue weighted by atomic mass is 16.7. The van der Waals surface area contributed by atoms with Gasteiger partial charge in [0.2, 0.25) is 6.79 Å². The maximum Gasteiger partial charge on any atom is 0.255 e. The second-order valence-corrected chi connectivity index (χ2v) is 6.38. The normalized spacial score (nSPS) is 11.9. The minimum absolute atomic E-state index is 0.156. The number of fused-ring (bicyclic) bond motifs is 1. The molecule has 1 aromatic heterocycles. The minimum Gasteiger partial charge on any atom is -0.454 e.